The van der Waals surface area contributed by atoms with E-state index >= 15 is 0 Å². The Morgan fingerprint density at radius 2 is 2.13 bits per heavy atom. The number of methoxy groups -OCH3 is 2. The van der Waals surface area contributed by atoms with Crippen LogP contribution in [0.1, 0.15) is 45.3 Å². The molecule has 130 valence electrons. The normalized spacial score (nSPS) is 18.2. The topological polar surface area (TPSA) is 81.9 Å². The summed E-state index contributed by atoms with van der Waals surface area (Å²) in [4.78, 5) is 22.8. The van der Waals surface area contributed by atoms with Crippen molar-refractivity contribution < 1.29 is 23.6 Å². The van der Waals surface area contributed by atoms with Crippen LogP contribution in [0.4, 0.5) is 0 Å². The molecule has 1 saturated heterocycles. The van der Waals surface area contributed by atoms with Crippen LogP contribution in [0.2, 0.25) is 0 Å². The molecule has 0 saturated carbocycles. The van der Waals surface area contributed by atoms with Crippen molar-refractivity contribution in [3.63, 3.8) is 0 Å². The van der Waals surface area contributed by atoms with Crippen molar-refractivity contribution in [3.05, 3.63) is 11.8 Å². The van der Waals surface area contributed by atoms with E-state index in [9.17, 15) is 9.59 Å². The molecule has 1 aliphatic rings. The average molecular weight is 326 g/mol. The van der Waals surface area contributed by atoms with Crippen LogP contribution in [0.5, 0.6) is 5.88 Å². The van der Waals surface area contributed by atoms with Gasteiger partial charge in [-0.25, -0.2) is 4.79 Å². The minimum Gasteiger partial charge on any atom is -0.479 e. The number of hydrogen-bond acceptors (Lipinski definition) is 6. The lowest BCUT2D eigenvalue weighted by molar-refractivity contribution is -0.148. The zero-order valence-electron chi connectivity index (χ0n) is 14.4. The third kappa shape index (κ3) is 5.26. The van der Waals surface area contributed by atoms with Crippen molar-refractivity contribution in [3.8, 4) is 5.88 Å². The minimum absolute atomic E-state index is 0.311. The van der Waals surface area contributed by atoms with Gasteiger partial charge in [0.25, 0.3) is 5.88 Å². The third-order valence-corrected chi connectivity index (χ3v) is 4.07. The molecule has 2 heterocycles. The molecule has 0 N–H and O–H groups in total. The first kappa shape index (κ1) is 19.0. The van der Waals surface area contributed by atoms with Crippen molar-refractivity contribution in [1.82, 2.24) is 10.1 Å². The number of nitrogens with zero attached hydrogens (tertiary/aromatic N) is 2. The number of ether oxygens (including phenoxy) is 2. The number of carbonyl (C=O) groups excluding carboxylic acids is 2. The van der Waals surface area contributed by atoms with E-state index < -0.39 is 0 Å². The molecular formula is C16H26N2O5. The number of amides is 1. The van der Waals surface area contributed by atoms with Gasteiger partial charge in [-0.05, 0) is 23.9 Å². The summed E-state index contributed by atoms with van der Waals surface area (Å²) < 4.78 is 14.6. The summed E-state index contributed by atoms with van der Waals surface area (Å²) in [5.41, 5.74) is 0. The van der Waals surface area contributed by atoms with E-state index in [1.807, 2.05) is 6.07 Å². The van der Waals surface area contributed by atoms with E-state index in [0.717, 1.165) is 18.6 Å². The number of carbonyl (C=O) groups is 2. The molecule has 7 nitrogen and oxygen atoms in total. The molecule has 0 bridgehead atoms. The molecule has 2 unspecified atom stereocenters. The lowest BCUT2D eigenvalue weighted by Crippen LogP contribution is -2.35. The second-order valence-corrected chi connectivity index (χ2v) is 5.83. The van der Waals surface area contributed by atoms with Crippen LogP contribution >= 0.6 is 0 Å². The fourth-order valence-electron chi connectivity index (χ4n) is 2.22. The van der Waals surface area contributed by atoms with Gasteiger partial charge in [-0.2, -0.15) is 0 Å². The molecule has 23 heavy (non-hydrogen) atoms. The lowest BCUT2D eigenvalue weighted by atomic mass is 9.96. The first-order chi connectivity index (χ1) is 10.9. The summed E-state index contributed by atoms with van der Waals surface area (Å²) in [6.45, 7) is 7.09. The largest absolute Gasteiger partial charge is 0.479 e. The zero-order valence-corrected chi connectivity index (χ0v) is 14.4. The lowest BCUT2D eigenvalue weighted by Gasteiger charge is -2.16. The molecule has 0 aliphatic carbocycles. The molecule has 7 heteroatoms. The van der Waals surface area contributed by atoms with Gasteiger partial charge < -0.3 is 18.9 Å². The number of likely N-dealkylation sites (tertiary alicyclic amines) is 1. The van der Waals surface area contributed by atoms with Gasteiger partial charge >= 0.3 is 5.97 Å². The van der Waals surface area contributed by atoms with Crippen molar-refractivity contribution in [2.45, 2.75) is 45.6 Å². The second kappa shape index (κ2) is 9.17. The standard InChI is InChI=1S/C9H15NO2.C7H11NO3/c1-6(2)7(3)8-5-9(11-4)10-12-8;1-11-7(10)6-3-2-4-8(6)5-9/h5-7H,1-4H3;5-6H,2-4H2,1H3. The monoisotopic (exact) mass is 326 g/mol. The van der Waals surface area contributed by atoms with Crippen LogP contribution < -0.4 is 4.74 Å². The van der Waals surface area contributed by atoms with E-state index in [-0.39, 0.29) is 12.0 Å². The fourth-order valence-corrected chi connectivity index (χ4v) is 2.22. The smallest absolute Gasteiger partial charge is 0.328 e. The predicted molar refractivity (Wildman–Crippen MR) is 84.1 cm³/mol. The summed E-state index contributed by atoms with van der Waals surface area (Å²) in [5, 5.41) is 3.74. The summed E-state index contributed by atoms with van der Waals surface area (Å²) in [7, 11) is 2.92. The van der Waals surface area contributed by atoms with Gasteiger partial charge in [0.05, 0.1) is 14.2 Å². The fraction of sp³-hybridized carbons (Fsp3) is 0.688. The van der Waals surface area contributed by atoms with Crippen LogP contribution in [0.3, 0.4) is 0 Å². The molecule has 0 radical (unpaired) electrons. The van der Waals surface area contributed by atoms with Crippen molar-refractivity contribution in [2.75, 3.05) is 20.8 Å². The van der Waals surface area contributed by atoms with Gasteiger partial charge in [-0.1, -0.05) is 20.8 Å². The van der Waals surface area contributed by atoms with E-state index in [0.29, 0.717) is 30.7 Å². The average Bonchev–Trinajstić information content (AvgIpc) is 3.22. The maximum Gasteiger partial charge on any atom is 0.328 e. The minimum atomic E-state index is -0.336. The number of rotatable bonds is 5. The summed E-state index contributed by atoms with van der Waals surface area (Å²) in [6, 6.07) is 1.50. The van der Waals surface area contributed by atoms with Crippen molar-refractivity contribution in [1.29, 1.82) is 0 Å². The van der Waals surface area contributed by atoms with E-state index in [4.69, 9.17) is 9.26 Å². The molecule has 1 amide bonds. The Hall–Kier alpha value is -2.05. The third-order valence-electron chi connectivity index (χ3n) is 4.07. The summed E-state index contributed by atoms with van der Waals surface area (Å²) in [5.74, 6) is 2.08. The molecule has 2 atom stereocenters. The summed E-state index contributed by atoms with van der Waals surface area (Å²) in [6.07, 6.45) is 2.32. The Morgan fingerprint density at radius 3 is 2.61 bits per heavy atom. The summed E-state index contributed by atoms with van der Waals surface area (Å²) >= 11 is 0. The number of hydrogen-bond donors (Lipinski definition) is 0. The van der Waals surface area contributed by atoms with Crippen LogP contribution in [-0.2, 0) is 14.3 Å². The Kier molecular flexibility index (Phi) is 7.57. The highest BCUT2D eigenvalue weighted by molar-refractivity contribution is 5.78. The van der Waals surface area contributed by atoms with Crippen LogP contribution in [-0.4, -0.2) is 49.2 Å². The first-order valence-electron chi connectivity index (χ1n) is 7.74. The highest BCUT2D eigenvalue weighted by Crippen LogP contribution is 2.25. The molecule has 0 aromatic carbocycles. The Morgan fingerprint density at radius 1 is 1.43 bits per heavy atom. The highest BCUT2D eigenvalue weighted by Gasteiger charge is 2.29. The van der Waals surface area contributed by atoms with Crippen LogP contribution in [0.15, 0.2) is 10.6 Å². The van der Waals surface area contributed by atoms with E-state index in [2.05, 4.69) is 30.7 Å². The molecule has 1 fully saturated rings. The van der Waals surface area contributed by atoms with Gasteiger partial charge in [0.15, 0.2) is 0 Å². The maximum absolute atomic E-state index is 11.0. The first-order valence-corrected chi connectivity index (χ1v) is 7.74. The maximum atomic E-state index is 11.0. The molecule has 1 aromatic rings. The number of aromatic nitrogens is 1. The Bertz CT molecular complexity index is 500. The van der Waals surface area contributed by atoms with E-state index in [1.165, 1.54) is 12.0 Å². The van der Waals surface area contributed by atoms with Gasteiger partial charge in [-0.15, -0.1) is 0 Å². The molecule has 0 spiro atoms. The van der Waals surface area contributed by atoms with Gasteiger partial charge in [0.2, 0.25) is 6.41 Å². The second-order valence-electron chi connectivity index (χ2n) is 5.83. The van der Waals surface area contributed by atoms with Crippen molar-refractivity contribution in [2.24, 2.45) is 5.92 Å². The van der Waals surface area contributed by atoms with E-state index in [1.54, 1.807) is 7.11 Å². The number of esters is 1. The van der Waals surface area contributed by atoms with Gasteiger partial charge in [0.1, 0.15) is 11.8 Å². The zero-order chi connectivity index (χ0) is 17.4. The molecule has 1 aromatic heterocycles. The molecule has 1 aliphatic heterocycles. The Balaban J connectivity index is 0.000000231. The Labute approximate surface area is 136 Å². The van der Waals surface area contributed by atoms with Crippen LogP contribution in [0.25, 0.3) is 0 Å². The molecular weight excluding hydrogens is 300 g/mol. The SMILES string of the molecule is COC(=O)C1CCCN1C=O.COc1cc(C(C)C(C)C)on1. The van der Waals surface area contributed by atoms with Gasteiger partial charge in [0, 0.05) is 18.5 Å². The molecule has 2 rings (SSSR count). The predicted octanol–water partition coefficient (Wildman–Crippen LogP) is 2.22. The quantitative estimate of drug-likeness (QED) is 0.609. The highest BCUT2D eigenvalue weighted by atomic mass is 16.5. The van der Waals surface area contributed by atoms with Crippen LogP contribution in [0, 0.1) is 5.92 Å². The van der Waals surface area contributed by atoms with Crippen molar-refractivity contribution >= 4 is 12.4 Å². The van der Waals surface area contributed by atoms with Gasteiger partial charge in [-0.3, -0.25) is 4.79 Å².